The number of hydrogen-bond donors (Lipinski definition) is 0. The van der Waals surface area contributed by atoms with Crippen molar-refractivity contribution in [2.45, 2.75) is 13.1 Å². The third-order valence-corrected chi connectivity index (χ3v) is 6.69. The van der Waals surface area contributed by atoms with E-state index < -0.39 is 8.07 Å². The van der Waals surface area contributed by atoms with E-state index in [2.05, 4.69) is 71.3 Å². The molecule has 0 fully saturated rings. The Bertz CT molecular complexity index is 673. The minimum absolute atomic E-state index is 1.03. The average molecular weight is 341 g/mol. The molecule has 0 aliphatic carbocycles. The minimum atomic E-state index is -1.59. The highest BCUT2D eigenvalue weighted by atomic mass is 79.9. The van der Waals surface area contributed by atoms with Gasteiger partial charge in [-0.2, -0.15) is 0 Å². The van der Waals surface area contributed by atoms with E-state index in [-0.39, 0.29) is 0 Å². The number of benzene rings is 2. The first-order chi connectivity index (χ1) is 9.53. The first-order valence-electron chi connectivity index (χ1n) is 6.53. The standard InChI is InChI=1S/C18H17BrSi/c1-4-20(2,3)18-8-6-5-7-16(18)12-9-15-10-13-17(19)14-11-15/h4-8,10-11,13-14H,1H2,2-3H3. The molecule has 0 spiro atoms. The lowest BCUT2D eigenvalue weighted by molar-refractivity contribution is 1.60. The van der Waals surface area contributed by atoms with E-state index in [1.807, 2.05) is 30.3 Å². The molecule has 0 aliphatic heterocycles. The zero-order chi connectivity index (χ0) is 14.6. The van der Waals surface area contributed by atoms with Crippen LogP contribution in [0.3, 0.4) is 0 Å². The summed E-state index contributed by atoms with van der Waals surface area (Å²) in [6, 6.07) is 16.5. The Morgan fingerprint density at radius 1 is 1.00 bits per heavy atom. The van der Waals surface area contributed by atoms with Gasteiger partial charge in [-0.25, -0.2) is 0 Å². The maximum atomic E-state index is 3.99. The summed E-state index contributed by atoms with van der Waals surface area (Å²) in [6.45, 7) is 8.57. The predicted molar refractivity (Wildman–Crippen MR) is 93.9 cm³/mol. The second-order valence-electron chi connectivity index (χ2n) is 5.23. The van der Waals surface area contributed by atoms with E-state index in [9.17, 15) is 0 Å². The fourth-order valence-corrected chi connectivity index (χ4v) is 3.79. The van der Waals surface area contributed by atoms with Crippen molar-refractivity contribution < 1.29 is 0 Å². The van der Waals surface area contributed by atoms with E-state index in [0.29, 0.717) is 0 Å². The molecular formula is C18H17BrSi. The summed E-state index contributed by atoms with van der Waals surface area (Å²) in [5, 5.41) is 1.35. The van der Waals surface area contributed by atoms with Gasteiger partial charge in [-0.15, -0.1) is 6.58 Å². The van der Waals surface area contributed by atoms with Crippen LogP contribution >= 0.6 is 15.9 Å². The molecule has 0 unspecified atom stereocenters. The lowest BCUT2D eigenvalue weighted by Crippen LogP contribution is -2.41. The Balaban J connectivity index is 2.40. The van der Waals surface area contributed by atoms with E-state index >= 15 is 0 Å². The van der Waals surface area contributed by atoms with Gasteiger partial charge < -0.3 is 0 Å². The van der Waals surface area contributed by atoms with Gasteiger partial charge >= 0.3 is 0 Å². The maximum absolute atomic E-state index is 3.99. The molecule has 0 radical (unpaired) electrons. The monoisotopic (exact) mass is 340 g/mol. The molecular weight excluding hydrogens is 324 g/mol. The molecule has 0 saturated heterocycles. The smallest absolute Gasteiger partial charge is 0.105 e. The molecule has 0 N–H and O–H groups in total. The summed E-state index contributed by atoms with van der Waals surface area (Å²) in [4.78, 5) is 0. The van der Waals surface area contributed by atoms with Crippen molar-refractivity contribution in [3.63, 3.8) is 0 Å². The minimum Gasteiger partial charge on any atom is -0.107 e. The van der Waals surface area contributed by atoms with E-state index in [4.69, 9.17) is 0 Å². The molecule has 0 nitrogen and oxygen atoms in total. The SMILES string of the molecule is C=C[Si](C)(C)c1ccccc1C#Cc1ccc(Br)cc1. The van der Waals surface area contributed by atoms with Gasteiger partial charge in [0.25, 0.3) is 0 Å². The van der Waals surface area contributed by atoms with Gasteiger partial charge in [0.1, 0.15) is 8.07 Å². The normalized spacial score (nSPS) is 10.6. The quantitative estimate of drug-likeness (QED) is 0.558. The second-order valence-corrected chi connectivity index (χ2v) is 10.5. The Morgan fingerprint density at radius 3 is 2.30 bits per heavy atom. The summed E-state index contributed by atoms with van der Waals surface area (Å²) in [5.74, 6) is 6.55. The molecule has 20 heavy (non-hydrogen) atoms. The predicted octanol–water partition coefficient (Wildman–Crippen LogP) is 4.49. The number of rotatable bonds is 2. The molecule has 0 aromatic heterocycles. The fraction of sp³-hybridized carbons (Fsp3) is 0.111. The van der Waals surface area contributed by atoms with Crippen LogP contribution in [0.25, 0.3) is 0 Å². The summed E-state index contributed by atoms with van der Waals surface area (Å²) in [7, 11) is -1.59. The third-order valence-electron chi connectivity index (χ3n) is 3.32. The topological polar surface area (TPSA) is 0 Å². The van der Waals surface area contributed by atoms with E-state index in [1.165, 1.54) is 5.19 Å². The van der Waals surface area contributed by atoms with Crippen molar-refractivity contribution in [2.75, 3.05) is 0 Å². The Labute approximate surface area is 130 Å². The van der Waals surface area contributed by atoms with Crippen LogP contribution in [0.4, 0.5) is 0 Å². The highest BCUT2D eigenvalue weighted by Crippen LogP contribution is 2.11. The van der Waals surface area contributed by atoms with Crippen molar-refractivity contribution in [3.05, 3.63) is 76.4 Å². The lowest BCUT2D eigenvalue weighted by atomic mass is 10.2. The van der Waals surface area contributed by atoms with Gasteiger partial charge in [0.2, 0.25) is 0 Å². The molecule has 0 saturated carbocycles. The molecule has 2 aromatic carbocycles. The van der Waals surface area contributed by atoms with Gasteiger partial charge in [0.15, 0.2) is 0 Å². The van der Waals surface area contributed by atoms with Gasteiger partial charge in [-0.3, -0.25) is 0 Å². The molecule has 2 heteroatoms. The van der Waals surface area contributed by atoms with Gasteiger partial charge in [0.05, 0.1) is 0 Å². The molecule has 0 amide bonds. The first-order valence-corrected chi connectivity index (χ1v) is 10.4. The van der Waals surface area contributed by atoms with Gasteiger partial charge in [-0.1, -0.05) is 64.8 Å². The van der Waals surface area contributed by atoms with Crippen molar-refractivity contribution in [1.82, 2.24) is 0 Å². The van der Waals surface area contributed by atoms with Crippen LogP contribution in [0.5, 0.6) is 0 Å². The van der Waals surface area contributed by atoms with Crippen molar-refractivity contribution >= 4 is 29.2 Å². The lowest BCUT2D eigenvalue weighted by Gasteiger charge is -2.19. The third kappa shape index (κ3) is 3.50. The fourth-order valence-electron chi connectivity index (χ4n) is 1.94. The van der Waals surface area contributed by atoms with Crippen LogP contribution < -0.4 is 5.19 Å². The summed E-state index contributed by atoms with van der Waals surface area (Å²) < 4.78 is 1.07. The average Bonchev–Trinajstić information content (AvgIpc) is 2.47. The molecule has 0 atom stereocenters. The van der Waals surface area contributed by atoms with Crippen LogP contribution in [0.15, 0.2) is 65.3 Å². The summed E-state index contributed by atoms with van der Waals surface area (Å²) >= 11 is 3.43. The van der Waals surface area contributed by atoms with Crippen LogP contribution in [0.2, 0.25) is 13.1 Å². The van der Waals surface area contributed by atoms with Crippen molar-refractivity contribution in [1.29, 1.82) is 0 Å². The first kappa shape index (κ1) is 14.8. The zero-order valence-corrected chi connectivity index (χ0v) is 14.4. The van der Waals surface area contributed by atoms with E-state index in [1.54, 1.807) is 0 Å². The summed E-state index contributed by atoms with van der Waals surface area (Å²) in [5.41, 5.74) is 4.25. The van der Waals surface area contributed by atoms with Crippen LogP contribution in [-0.2, 0) is 0 Å². The largest absolute Gasteiger partial charge is 0.107 e. The Morgan fingerprint density at radius 2 is 1.65 bits per heavy atom. The highest BCUT2D eigenvalue weighted by Gasteiger charge is 2.21. The number of hydrogen-bond acceptors (Lipinski definition) is 0. The number of halogens is 1. The molecule has 0 bridgehead atoms. The van der Waals surface area contributed by atoms with Crippen LogP contribution in [0, 0.1) is 11.8 Å². The summed E-state index contributed by atoms with van der Waals surface area (Å²) in [6.07, 6.45) is 0. The maximum Gasteiger partial charge on any atom is 0.105 e. The molecule has 0 heterocycles. The second kappa shape index (κ2) is 6.26. The Kier molecular flexibility index (Phi) is 4.64. The van der Waals surface area contributed by atoms with E-state index in [0.717, 1.165) is 15.6 Å². The highest BCUT2D eigenvalue weighted by molar-refractivity contribution is 9.10. The van der Waals surface area contributed by atoms with Crippen molar-refractivity contribution in [2.24, 2.45) is 0 Å². The van der Waals surface area contributed by atoms with Crippen LogP contribution in [-0.4, -0.2) is 8.07 Å². The zero-order valence-electron chi connectivity index (χ0n) is 11.8. The molecule has 0 aliphatic rings. The van der Waals surface area contributed by atoms with Gasteiger partial charge in [0, 0.05) is 15.6 Å². The Hall–Kier alpha value is -1.56. The molecule has 2 aromatic rings. The van der Waals surface area contributed by atoms with Crippen LogP contribution in [0.1, 0.15) is 11.1 Å². The molecule has 100 valence electrons. The molecule has 2 rings (SSSR count). The van der Waals surface area contributed by atoms with Crippen molar-refractivity contribution in [3.8, 4) is 11.8 Å². The van der Waals surface area contributed by atoms with Gasteiger partial charge in [-0.05, 0) is 35.5 Å².